The van der Waals surface area contributed by atoms with Gasteiger partial charge in [0, 0.05) is 25.0 Å². The maximum Gasteiger partial charge on any atom is 0.417 e. The fourth-order valence-electron chi connectivity index (χ4n) is 4.17. The molecule has 0 aliphatic carbocycles. The summed E-state index contributed by atoms with van der Waals surface area (Å²) in [4.78, 5) is 21.5. The van der Waals surface area contributed by atoms with Gasteiger partial charge in [0.05, 0.1) is 44.7 Å². The van der Waals surface area contributed by atoms with Crippen LogP contribution in [0.4, 0.5) is 19.0 Å². The van der Waals surface area contributed by atoms with Gasteiger partial charge < -0.3 is 23.7 Å². The molecule has 2 aromatic heterocycles. The van der Waals surface area contributed by atoms with Crippen LogP contribution in [0.3, 0.4) is 0 Å². The van der Waals surface area contributed by atoms with E-state index >= 15 is 0 Å². The number of methoxy groups -OCH3 is 2. The lowest BCUT2D eigenvalue weighted by Gasteiger charge is -2.26. The maximum absolute atomic E-state index is 13.7. The number of hydrogen-bond acceptors (Lipinski definition) is 6. The Morgan fingerprint density at radius 1 is 0.973 bits per heavy atom. The van der Waals surface area contributed by atoms with Gasteiger partial charge in [-0.15, -0.1) is 0 Å². The van der Waals surface area contributed by atoms with E-state index in [1.165, 1.54) is 43.6 Å². The van der Waals surface area contributed by atoms with Crippen LogP contribution in [0.2, 0.25) is 0 Å². The molecule has 0 unspecified atom stereocenters. The molecule has 0 aliphatic heterocycles. The first-order valence-electron chi connectivity index (χ1n) is 11.3. The highest BCUT2D eigenvalue weighted by Gasteiger charge is 2.36. The molecule has 1 amide bonds. The molecule has 10 heteroatoms. The van der Waals surface area contributed by atoms with Crippen LogP contribution < -0.4 is 14.4 Å². The molecule has 2 aromatic carbocycles. The lowest BCUT2D eigenvalue weighted by Crippen LogP contribution is -2.32. The van der Waals surface area contributed by atoms with Gasteiger partial charge in [-0.3, -0.25) is 4.79 Å². The van der Waals surface area contributed by atoms with Gasteiger partial charge in [0.25, 0.3) is 5.91 Å². The van der Waals surface area contributed by atoms with Gasteiger partial charge in [-0.05, 0) is 42.5 Å². The monoisotopic (exact) mass is 513 g/mol. The number of benzene rings is 2. The second-order valence-electron chi connectivity index (χ2n) is 8.52. The fraction of sp³-hybridized carbons (Fsp3) is 0.259. The van der Waals surface area contributed by atoms with Gasteiger partial charge in [-0.2, -0.15) is 13.2 Å². The number of pyridine rings is 1. The highest BCUT2D eigenvalue weighted by Crippen LogP contribution is 2.36. The molecule has 194 valence electrons. The van der Waals surface area contributed by atoms with E-state index in [0.717, 1.165) is 6.07 Å². The molecule has 37 heavy (non-hydrogen) atoms. The minimum Gasteiger partial charge on any atom is -0.496 e. The van der Waals surface area contributed by atoms with Crippen molar-refractivity contribution in [3.8, 4) is 11.5 Å². The van der Waals surface area contributed by atoms with Gasteiger partial charge >= 0.3 is 6.18 Å². The fourth-order valence-corrected chi connectivity index (χ4v) is 4.17. The minimum atomic E-state index is -4.69. The number of aromatic nitrogens is 1. The smallest absolute Gasteiger partial charge is 0.417 e. The number of amides is 1. The average molecular weight is 514 g/mol. The molecule has 0 radical (unpaired) electrons. The molecular formula is C27H26F3N3O4. The number of ether oxygens (including phenoxy) is 2. The first-order chi connectivity index (χ1) is 17.6. The summed E-state index contributed by atoms with van der Waals surface area (Å²) in [5.41, 5.74) is -0.282. The van der Waals surface area contributed by atoms with Crippen molar-refractivity contribution in [2.75, 3.05) is 33.2 Å². The van der Waals surface area contributed by atoms with E-state index in [9.17, 15) is 18.0 Å². The van der Waals surface area contributed by atoms with Gasteiger partial charge in [0.15, 0.2) is 0 Å². The van der Waals surface area contributed by atoms with Crippen LogP contribution in [0.1, 0.15) is 27.2 Å². The Balaban J connectivity index is 1.85. The van der Waals surface area contributed by atoms with E-state index in [2.05, 4.69) is 0 Å². The first-order valence-corrected chi connectivity index (χ1v) is 11.3. The second-order valence-corrected chi connectivity index (χ2v) is 8.52. The number of halogens is 3. The van der Waals surface area contributed by atoms with Crippen molar-refractivity contribution in [2.45, 2.75) is 19.3 Å². The summed E-state index contributed by atoms with van der Waals surface area (Å²) >= 11 is 0. The summed E-state index contributed by atoms with van der Waals surface area (Å²) in [7, 11) is 6.65. The topological polar surface area (TPSA) is 68.0 Å². The molecule has 7 nitrogen and oxygen atoms in total. The number of carbonyl (C=O) groups excluding carboxylic acids is 1. The third-order valence-corrected chi connectivity index (χ3v) is 5.87. The molecule has 0 bridgehead atoms. The molecule has 0 aliphatic rings. The molecule has 0 saturated carbocycles. The van der Waals surface area contributed by atoms with Crippen molar-refractivity contribution in [3.63, 3.8) is 0 Å². The van der Waals surface area contributed by atoms with Crippen LogP contribution >= 0.6 is 0 Å². The standard InChI is InChI=1S/C27H26F3N3O4/c1-32(2)25-17(14-20-22(35-3)11-12-23(36-4)24(20)31-25)15-33(16-18-8-7-13-37-18)26(34)19-9-5-6-10-21(19)27(28,29)30/h5-14H,15-16H2,1-4H3. The second kappa shape index (κ2) is 10.4. The number of fused-ring (bicyclic) bond motifs is 1. The van der Waals surface area contributed by atoms with Crippen molar-refractivity contribution in [2.24, 2.45) is 0 Å². The third kappa shape index (κ3) is 5.32. The van der Waals surface area contributed by atoms with Crippen molar-refractivity contribution >= 4 is 22.6 Å². The van der Waals surface area contributed by atoms with Crippen molar-refractivity contribution in [1.82, 2.24) is 9.88 Å². The van der Waals surface area contributed by atoms with Gasteiger partial charge in [0.2, 0.25) is 0 Å². The largest absolute Gasteiger partial charge is 0.496 e. The highest BCUT2D eigenvalue weighted by atomic mass is 19.4. The van der Waals surface area contributed by atoms with Crippen LogP contribution in [0.5, 0.6) is 11.5 Å². The summed E-state index contributed by atoms with van der Waals surface area (Å²) in [6.45, 7) is -0.0826. The van der Waals surface area contributed by atoms with Gasteiger partial charge in [-0.1, -0.05) is 12.1 Å². The molecule has 0 atom stereocenters. The molecule has 4 aromatic rings. The number of alkyl halides is 3. The number of rotatable bonds is 8. The molecule has 2 heterocycles. The van der Waals surface area contributed by atoms with E-state index in [0.29, 0.717) is 39.5 Å². The summed E-state index contributed by atoms with van der Waals surface area (Å²) in [6, 6.07) is 13.4. The zero-order valence-corrected chi connectivity index (χ0v) is 20.8. The molecule has 0 spiro atoms. The van der Waals surface area contributed by atoms with Gasteiger partial charge in [0.1, 0.15) is 28.6 Å². The van der Waals surface area contributed by atoms with Crippen molar-refractivity contribution < 1.29 is 31.9 Å². The Hall–Kier alpha value is -4.21. The zero-order chi connectivity index (χ0) is 26.7. The zero-order valence-electron chi connectivity index (χ0n) is 20.8. The Morgan fingerprint density at radius 2 is 1.68 bits per heavy atom. The van der Waals surface area contributed by atoms with Crippen molar-refractivity contribution in [1.29, 1.82) is 0 Å². The molecule has 0 fully saturated rings. The number of anilines is 1. The first kappa shape index (κ1) is 25.9. The lowest BCUT2D eigenvalue weighted by molar-refractivity contribution is -0.138. The summed E-state index contributed by atoms with van der Waals surface area (Å²) in [5.74, 6) is 1.25. The summed E-state index contributed by atoms with van der Waals surface area (Å²) < 4.78 is 57.6. The van der Waals surface area contributed by atoms with Gasteiger partial charge in [-0.25, -0.2) is 4.98 Å². The normalized spacial score (nSPS) is 11.4. The number of hydrogen-bond donors (Lipinski definition) is 0. The maximum atomic E-state index is 13.7. The molecule has 0 N–H and O–H groups in total. The molecule has 4 rings (SSSR count). The summed E-state index contributed by atoms with van der Waals surface area (Å²) in [5, 5.41) is 0.642. The van der Waals surface area contributed by atoms with Crippen LogP contribution in [0.25, 0.3) is 10.9 Å². The van der Waals surface area contributed by atoms with E-state index in [4.69, 9.17) is 18.9 Å². The quantitative estimate of drug-likeness (QED) is 0.298. The van der Waals surface area contributed by atoms with E-state index < -0.39 is 23.2 Å². The van der Waals surface area contributed by atoms with Crippen LogP contribution in [0.15, 0.2) is 65.3 Å². The van der Waals surface area contributed by atoms with E-state index in [-0.39, 0.29) is 13.1 Å². The Morgan fingerprint density at radius 3 is 2.30 bits per heavy atom. The van der Waals surface area contributed by atoms with Crippen molar-refractivity contribution in [3.05, 3.63) is 83.3 Å². The van der Waals surface area contributed by atoms with Crippen LogP contribution in [-0.2, 0) is 19.3 Å². The number of carbonyl (C=O) groups is 1. The van der Waals surface area contributed by atoms with Crippen LogP contribution in [-0.4, -0.2) is 44.1 Å². The van der Waals surface area contributed by atoms with E-state index in [1.54, 1.807) is 43.3 Å². The lowest BCUT2D eigenvalue weighted by atomic mass is 10.0. The molecular weight excluding hydrogens is 487 g/mol. The number of nitrogens with zero attached hydrogens (tertiary/aromatic N) is 3. The molecule has 0 saturated heterocycles. The van der Waals surface area contributed by atoms with E-state index in [1.807, 2.05) is 6.07 Å². The average Bonchev–Trinajstić information content (AvgIpc) is 3.39. The summed E-state index contributed by atoms with van der Waals surface area (Å²) in [6.07, 6.45) is -3.24. The number of furan rings is 1. The Bertz CT molecular complexity index is 1400. The third-order valence-electron chi connectivity index (χ3n) is 5.87. The SMILES string of the molecule is COc1ccc(OC)c2nc(N(C)C)c(CN(Cc3ccco3)C(=O)c3ccccc3C(F)(F)F)cc12. The Kier molecular flexibility index (Phi) is 7.28. The highest BCUT2D eigenvalue weighted by molar-refractivity contribution is 5.96. The predicted molar refractivity (Wildman–Crippen MR) is 133 cm³/mol. The predicted octanol–water partition coefficient (Wildman–Crippen LogP) is 5.77. The minimum absolute atomic E-state index is 0.0391. The van der Waals surface area contributed by atoms with Crippen LogP contribution in [0, 0.1) is 0 Å². The Labute approximate surface area is 212 Å².